The third kappa shape index (κ3) is 4.25. The summed E-state index contributed by atoms with van der Waals surface area (Å²) in [7, 11) is 1.95. The molecule has 3 unspecified atom stereocenters. The molecule has 1 saturated heterocycles. The fourth-order valence-electron chi connectivity index (χ4n) is 2.79. The van der Waals surface area contributed by atoms with Gasteiger partial charge in [-0.15, -0.1) is 0 Å². The number of carbonyl (C=O) groups excluding carboxylic acids is 1. The molecule has 0 spiro atoms. The van der Waals surface area contributed by atoms with E-state index in [1.54, 1.807) is 0 Å². The van der Waals surface area contributed by atoms with Crippen molar-refractivity contribution in [2.24, 2.45) is 11.7 Å². The molecule has 0 aromatic heterocycles. The molecule has 4 nitrogen and oxygen atoms in total. The van der Waals surface area contributed by atoms with E-state index in [0.717, 1.165) is 32.5 Å². The lowest BCUT2D eigenvalue weighted by Crippen LogP contribution is -2.50. The van der Waals surface area contributed by atoms with Crippen LogP contribution in [0.4, 0.5) is 0 Å². The number of amides is 1. The van der Waals surface area contributed by atoms with Crippen LogP contribution in [-0.4, -0.2) is 54.5 Å². The number of carbonyl (C=O) groups is 1. The summed E-state index contributed by atoms with van der Waals surface area (Å²) in [5.41, 5.74) is 5.71. The minimum Gasteiger partial charge on any atom is -0.342 e. The van der Waals surface area contributed by atoms with Gasteiger partial charge in [-0.1, -0.05) is 13.8 Å². The van der Waals surface area contributed by atoms with Crippen molar-refractivity contribution in [1.82, 2.24) is 9.80 Å². The van der Waals surface area contributed by atoms with E-state index in [-0.39, 0.29) is 11.9 Å². The second-order valence-electron chi connectivity index (χ2n) is 5.75. The second-order valence-corrected chi connectivity index (χ2v) is 5.75. The molecule has 18 heavy (non-hydrogen) atoms. The first-order valence-electron chi connectivity index (χ1n) is 7.19. The van der Waals surface area contributed by atoms with Crippen LogP contribution in [-0.2, 0) is 4.79 Å². The number of likely N-dealkylation sites (tertiary alicyclic amines) is 1. The largest absolute Gasteiger partial charge is 0.342 e. The molecule has 0 saturated carbocycles. The normalized spacial score (nSPS) is 26.9. The van der Waals surface area contributed by atoms with Crippen molar-refractivity contribution >= 4 is 5.91 Å². The zero-order valence-electron chi connectivity index (χ0n) is 12.4. The summed E-state index contributed by atoms with van der Waals surface area (Å²) < 4.78 is 0. The van der Waals surface area contributed by atoms with Gasteiger partial charge in [0.15, 0.2) is 0 Å². The molecule has 1 rings (SSSR count). The minimum absolute atomic E-state index is 0.113. The highest BCUT2D eigenvalue weighted by Crippen LogP contribution is 2.21. The fraction of sp³-hybridized carbons (Fsp3) is 0.929. The second kappa shape index (κ2) is 7.10. The van der Waals surface area contributed by atoms with E-state index in [2.05, 4.69) is 18.7 Å². The van der Waals surface area contributed by atoms with E-state index in [0.29, 0.717) is 18.4 Å². The molecule has 0 radical (unpaired) electrons. The van der Waals surface area contributed by atoms with Crippen LogP contribution >= 0.6 is 0 Å². The van der Waals surface area contributed by atoms with E-state index >= 15 is 0 Å². The quantitative estimate of drug-likeness (QED) is 0.805. The summed E-state index contributed by atoms with van der Waals surface area (Å²) in [6.07, 6.45) is 2.45. The van der Waals surface area contributed by atoms with E-state index in [1.807, 2.05) is 18.9 Å². The Morgan fingerprint density at radius 2 is 2.22 bits per heavy atom. The zero-order chi connectivity index (χ0) is 13.7. The Morgan fingerprint density at radius 1 is 1.56 bits per heavy atom. The van der Waals surface area contributed by atoms with Crippen LogP contribution in [0.3, 0.4) is 0 Å². The van der Waals surface area contributed by atoms with E-state index in [9.17, 15) is 4.79 Å². The first-order valence-corrected chi connectivity index (χ1v) is 7.19. The predicted octanol–water partition coefficient (Wildman–Crippen LogP) is 1.30. The molecule has 1 heterocycles. The molecule has 1 aliphatic heterocycles. The Hall–Kier alpha value is -0.610. The molecule has 0 aliphatic carbocycles. The molecule has 0 bridgehead atoms. The van der Waals surface area contributed by atoms with Gasteiger partial charge in [0, 0.05) is 38.6 Å². The number of rotatable bonds is 5. The van der Waals surface area contributed by atoms with Crippen molar-refractivity contribution in [3.05, 3.63) is 0 Å². The van der Waals surface area contributed by atoms with Crippen LogP contribution in [0.5, 0.6) is 0 Å². The van der Waals surface area contributed by atoms with Gasteiger partial charge < -0.3 is 15.5 Å². The maximum atomic E-state index is 12.1. The fourth-order valence-corrected chi connectivity index (χ4v) is 2.79. The smallest absolute Gasteiger partial charge is 0.222 e. The van der Waals surface area contributed by atoms with Crippen molar-refractivity contribution in [3.63, 3.8) is 0 Å². The Bertz CT molecular complexity index is 268. The van der Waals surface area contributed by atoms with Crippen molar-refractivity contribution in [3.8, 4) is 0 Å². The van der Waals surface area contributed by atoms with Gasteiger partial charge >= 0.3 is 0 Å². The lowest BCUT2D eigenvalue weighted by atomic mass is 9.92. The first-order chi connectivity index (χ1) is 8.45. The predicted molar refractivity (Wildman–Crippen MR) is 75.3 cm³/mol. The van der Waals surface area contributed by atoms with Gasteiger partial charge in [-0.2, -0.15) is 0 Å². The molecule has 1 amide bonds. The number of nitrogens with zero attached hydrogens (tertiary/aromatic N) is 2. The maximum absolute atomic E-state index is 12.1. The topological polar surface area (TPSA) is 49.6 Å². The van der Waals surface area contributed by atoms with Crippen LogP contribution in [0.1, 0.15) is 40.0 Å². The monoisotopic (exact) mass is 255 g/mol. The van der Waals surface area contributed by atoms with Crippen LogP contribution in [0.25, 0.3) is 0 Å². The molecule has 106 valence electrons. The lowest BCUT2D eigenvalue weighted by Gasteiger charge is -2.41. The summed E-state index contributed by atoms with van der Waals surface area (Å²) in [6, 6.07) is 0.509. The third-order valence-electron chi connectivity index (χ3n) is 4.10. The van der Waals surface area contributed by atoms with Crippen LogP contribution < -0.4 is 5.73 Å². The average Bonchev–Trinajstić information content (AvgIpc) is 2.34. The van der Waals surface area contributed by atoms with Gasteiger partial charge in [-0.3, -0.25) is 4.79 Å². The Kier molecular flexibility index (Phi) is 6.09. The Balaban J connectivity index is 2.46. The van der Waals surface area contributed by atoms with E-state index in [4.69, 9.17) is 5.73 Å². The molecule has 3 atom stereocenters. The van der Waals surface area contributed by atoms with Gasteiger partial charge in [-0.25, -0.2) is 0 Å². The molecule has 4 heteroatoms. The Morgan fingerprint density at radius 3 is 2.72 bits per heavy atom. The van der Waals surface area contributed by atoms with Gasteiger partial charge in [0.25, 0.3) is 0 Å². The van der Waals surface area contributed by atoms with Gasteiger partial charge in [0.2, 0.25) is 5.91 Å². The standard InChI is InChI=1S/C14H29N3O/c1-5-17-9-8-13(11(2)10-17)16(4)14(18)7-6-12(3)15/h11-13H,5-10,15H2,1-4H3. The average molecular weight is 255 g/mol. The summed E-state index contributed by atoms with van der Waals surface area (Å²) in [5.74, 6) is 0.803. The summed E-state index contributed by atoms with van der Waals surface area (Å²) in [4.78, 5) is 16.5. The highest BCUT2D eigenvalue weighted by atomic mass is 16.2. The molecule has 0 aromatic carbocycles. The maximum Gasteiger partial charge on any atom is 0.222 e. The van der Waals surface area contributed by atoms with Gasteiger partial charge in [0.1, 0.15) is 0 Å². The highest BCUT2D eigenvalue weighted by molar-refractivity contribution is 5.76. The lowest BCUT2D eigenvalue weighted by molar-refractivity contribution is -0.134. The van der Waals surface area contributed by atoms with Crippen LogP contribution in [0.15, 0.2) is 0 Å². The molecule has 0 aromatic rings. The van der Waals surface area contributed by atoms with Crippen molar-refractivity contribution in [1.29, 1.82) is 0 Å². The molecule has 1 fully saturated rings. The molecular formula is C14H29N3O. The summed E-state index contributed by atoms with van der Waals surface area (Å²) in [5, 5.41) is 0. The number of hydrogen-bond acceptors (Lipinski definition) is 3. The molecule has 1 aliphatic rings. The van der Waals surface area contributed by atoms with Gasteiger partial charge in [-0.05, 0) is 32.2 Å². The third-order valence-corrected chi connectivity index (χ3v) is 4.10. The van der Waals surface area contributed by atoms with Crippen LogP contribution in [0, 0.1) is 5.92 Å². The van der Waals surface area contributed by atoms with Crippen LogP contribution in [0.2, 0.25) is 0 Å². The summed E-state index contributed by atoms with van der Waals surface area (Å²) >= 11 is 0. The minimum atomic E-state index is 0.113. The molecular weight excluding hydrogens is 226 g/mol. The summed E-state index contributed by atoms with van der Waals surface area (Å²) in [6.45, 7) is 9.73. The van der Waals surface area contributed by atoms with Crippen molar-refractivity contribution in [2.45, 2.75) is 52.1 Å². The van der Waals surface area contributed by atoms with Crippen molar-refractivity contribution in [2.75, 3.05) is 26.7 Å². The number of nitrogens with two attached hydrogens (primary N) is 1. The highest BCUT2D eigenvalue weighted by Gasteiger charge is 2.30. The van der Waals surface area contributed by atoms with E-state index in [1.165, 1.54) is 0 Å². The zero-order valence-corrected chi connectivity index (χ0v) is 12.4. The number of piperidine rings is 1. The van der Waals surface area contributed by atoms with Crippen molar-refractivity contribution < 1.29 is 4.79 Å². The van der Waals surface area contributed by atoms with E-state index < -0.39 is 0 Å². The SMILES string of the molecule is CCN1CCC(N(C)C(=O)CCC(C)N)C(C)C1. The van der Waals surface area contributed by atoms with Gasteiger partial charge in [0.05, 0.1) is 0 Å². The molecule has 2 N–H and O–H groups in total. The first kappa shape index (κ1) is 15.4. The Labute approximate surface area is 111 Å². The number of hydrogen-bond donors (Lipinski definition) is 1.